The summed E-state index contributed by atoms with van der Waals surface area (Å²) in [6, 6.07) is 13.5. The Balaban J connectivity index is 1.50. The molecule has 6 heteroatoms. The van der Waals surface area contributed by atoms with Gasteiger partial charge in [-0.2, -0.15) is 0 Å². The largest absolute Gasteiger partial charge is 0.497 e. The highest BCUT2D eigenvalue weighted by atomic mass is 16.5. The fourth-order valence-corrected chi connectivity index (χ4v) is 2.87. The van der Waals surface area contributed by atoms with E-state index in [0.717, 1.165) is 11.9 Å². The molecular weight excluding hydrogens is 330 g/mol. The number of hydrogen-bond donors (Lipinski definition) is 3. The summed E-state index contributed by atoms with van der Waals surface area (Å²) in [7, 11) is 3.15. The van der Waals surface area contributed by atoms with E-state index in [9.17, 15) is 4.79 Å². The number of H-pyrrole nitrogens is 1. The standard InChI is InChI=1S/C20H23N3O3/c1-25-15-7-8-19(26-2)18(11-15)23-20(24)13-21-10-9-14-12-22-17-6-4-3-5-16(14)17/h3-8,11-12,21-22H,9-10,13H2,1-2H3,(H,23,24). The lowest BCUT2D eigenvalue weighted by Crippen LogP contribution is -2.29. The monoisotopic (exact) mass is 353 g/mol. The fourth-order valence-electron chi connectivity index (χ4n) is 2.87. The van der Waals surface area contributed by atoms with Crippen molar-refractivity contribution < 1.29 is 14.3 Å². The van der Waals surface area contributed by atoms with Crippen LogP contribution in [0.15, 0.2) is 48.7 Å². The van der Waals surface area contributed by atoms with E-state index in [1.165, 1.54) is 10.9 Å². The fraction of sp³-hybridized carbons (Fsp3) is 0.250. The summed E-state index contributed by atoms with van der Waals surface area (Å²) >= 11 is 0. The van der Waals surface area contributed by atoms with Gasteiger partial charge in [0.1, 0.15) is 11.5 Å². The van der Waals surface area contributed by atoms with Gasteiger partial charge in [-0.3, -0.25) is 4.79 Å². The zero-order valence-electron chi connectivity index (χ0n) is 15.0. The summed E-state index contributed by atoms with van der Waals surface area (Å²) in [5.74, 6) is 1.13. The molecule has 0 atom stereocenters. The number of methoxy groups -OCH3 is 2. The minimum atomic E-state index is -0.129. The number of hydrogen-bond acceptors (Lipinski definition) is 4. The molecule has 0 bridgehead atoms. The molecule has 26 heavy (non-hydrogen) atoms. The van der Waals surface area contributed by atoms with Crippen molar-refractivity contribution >= 4 is 22.5 Å². The summed E-state index contributed by atoms with van der Waals surface area (Å²) in [6.45, 7) is 0.938. The second-order valence-corrected chi connectivity index (χ2v) is 5.90. The van der Waals surface area contributed by atoms with Crippen molar-refractivity contribution in [2.45, 2.75) is 6.42 Å². The van der Waals surface area contributed by atoms with Gasteiger partial charge in [0.25, 0.3) is 0 Å². The van der Waals surface area contributed by atoms with E-state index in [1.54, 1.807) is 32.4 Å². The molecule has 0 spiro atoms. The SMILES string of the molecule is COc1ccc(OC)c(NC(=O)CNCCc2c[nH]c3ccccc23)c1. The van der Waals surface area contributed by atoms with E-state index in [4.69, 9.17) is 9.47 Å². The molecule has 3 aromatic rings. The van der Waals surface area contributed by atoms with Crippen LogP contribution < -0.4 is 20.1 Å². The Morgan fingerprint density at radius 1 is 1.12 bits per heavy atom. The third-order valence-electron chi connectivity index (χ3n) is 4.21. The molecule has 136 valence electrons. The zero-order chi connectivity index (χ0) is 18.4. The van der Waals surface area contributed by atoms with Crippen LogP contribution in [0.4, 0.5) is 5.69 Å². The van der Waals surface area contributed by atoms with Crippen molar-refractivity contribution in [2.24, 2.45) is 0 Å². The molecule has 6 nitrogen and oxygen atoms in total. The Morgan fingerprint density at radius 2 is 1.96 bits per heavy atom. The van der Waals surface area contributed by atoms with Gasteiger partial charge >= 0.3 is 0 Å². The van der Waals surface area contributed by atoms with Gasteiger partial charge in [0, 0.05) is 23.2 Å². The number of para-hydroxylation sites is 1. The number of ether oxygens (including phenoxy) is 2. The lowest BCUT2D eigenvalue weighted by molar-refractivity contribution is -0.115. The van der Waals surface area contributed by atoms with Gasteiger partial charge in [0.2, 0.25) is 5.91 Å². The van der Waals surface area contributed by atoms with Gasteiger partial charge in [-0.05, 0) is 36.7 Å². The number of carbonyl (C=O) groups is 1. The third kappa shape index (κ3) is 4.15. The molecule has 0 unspecified atom stereocenters. The van der Waals surface area contributed by atoms with Crippen molar-refractivity contribution in [1.29, 1.82) is 0 Å². The average Bonchev–Trinajstić information content (AvgIpc) is 3.08. The maximum absolute atomic E-state index is 12.2. The minimum Gasteiger partial charge on any atom is -0.497 e. The average molecular weight is 353 g/mol. The van der Waals surface area contributed by atoms with Crippen molar-refractivity contribution in [3.8, 4) is 11.5 Å². The molecule has 0 fully saturated rings. The molecule has 1 aromatic heterocycles. The number of amides is 1. The zero-order valence-corrected chi connectivity index (χ0v) is 15.0. The second kappa shape index (κ2) is 8.40. The highest BCUT2D eigenvalue weighted by Gasteiger charge is 2.09. The van der Waals surface area contributed by atoms with Gasteiger partial charge in [-0.15, -0.1) is 0 Å². The Bertz CT molecular complexity index is 889. The minimum absolute atomic E-state index is 0.129. The summed E-state index contributed by atoms with van der Waals surface area (Å²) in [5, 5.41) is 7.25. The topological polar surface area (TPSA) is 75.4 Å². The van der Waals surface area contributed by atoms with E-state index in [0.29, 0.717) is 23.7 Å². The number of carbonyl (C=O) groups excluding carboxylic acids is 1. The lowest BCUT2D eigenvalue weighted by atomic mass is 10.1. The van der Waals surface area contributed by atoms with Crippen LogP contribution in [0.3, 0.4) is 0 Å². The Morgan fingerprint density at radius 3 is 2.77 bits per heavy atom. The molecule has 3 N–H and O–H groups in total. The van der Waals surface area contributed by atoms with Crippen LogP contribution in [0.25, 0.3) is 10.9 Å². The predicted molar refractivity (Wildman–Crippen MR) is 103 cm³/mol. The first-order valence-electron chi connectivity index (χ1n) is 8.49. The first kappa shape index (κ1) is 17.8. The van der Waals surface area contributed by atoms with Gasteiger partial charge in [-0.1, -0.05) is 18.2 Å². The smallest absolute Gasteiger partial charge is 0.238 e. The first-order chi connectivity index (χ1) is 12.7. The van der Waals surface area contributed by atoms with Crippen molar-refractivity contribution in [3.05, 3.63) is 54.2 Å². The summed E-state index contributed by atoms with van der Waals surface area (Å²) in [5.41, 5.74) is 2.96. The Hall–Kier alpha value is -2.99. The van der Waals surface area contributed by atoms with Crippen LogP contribution in [-0.2, 0) is 11.2 Å². The number of benzene rings is 2. The van der Waals surface area contributed by atoms with E-state index in [2.05, 4.69) is 27.8 Å². The number of aromatic amines is 1. The molecule has 0 radical (unpaired) electrons. The number of aromatic nitrogens is 1. The maximum Gasteiger partial charge on any atom is 0.238 e. The van der Waals surface area contributed by atoms with E-state index in [-0.39, 0.29) is 12.5 Å². The second-order valence-electron chi connectivity index (χ2n) is 5.90. The normalized spacial score (nSPS) is 10.7. The molecule has 0 aliphatic rings. The molecule has 3 rings (SSSR count). The van der Waals surface area contributed by atoms with Crippen molar-refractivity contribution in [3.63, 3.8) is 0 Å². The number of fused-ring (bicyclic) bond motifs is 1. The van der Waals surface area contributed by atoms with Gasteiger partial charge in [0.05, 0.1) is 26.5 Å². The molecule has 0 saturated heterocycles. The number of rotatable bonds is 8. The molecule has 0 aliphatic carbocycles. The Kier molecular flexibility index (Phi) is 5.76. The van der Waals surface area contributed by atoms with Crippen molar-refractivity contribution in [1.82, 2.24) is 10.3 Å². The maximum atomic E-state index is 12.2. The molecule has 1 amide bonds. The van der Waals surface area contributed by atoms with Crippen LogP contribution in [0.2, 0.25) is 0 Å². The van der Waals surface area contributed by atoms with Crippen LogP contribution >= 0.6 is 0 Å². The van der Waals surface area contributed by atoms with Crippen LogP contribution in [-0.4, -0.2) is 38.2 Å². The Labute approximate surface area is 152 Å². The predicted octanol–water partition coefficient (Wildman–Crippen LogP) is 2.96. The number of nitrogens with one attached hydrogen (secondary N) is 3. The molecule has 0 aliphatic heterocycles. The van der Waals surface area contributed by atoms with E-state index in [1.807, 2.05) is 18.3 Å². The van der Waals surface area contributed by atoms with E-state index >= 15 is 0 Å². The van der Waals surface area contributed by atoms with Crippen LogP contribution in [0.5, 0.6) is 11.5 Å². The molecular formula is C20H23N3O3. The van der Waals surface area contributed by atoms with E-state index < -0.39 is 0 Å². The lowest BCUT2D eigenvalue weighted by Gasteiger charge is -2.12. The molecule has 2 aromatic carbocycles. The van der Waals surface area contributed by atoms with Crippen LogP contribution in [0, 0.1) is 0 Å². The number of anilines is 1. The van der Waals surface area contributed by atoms with Gasteiger partial charge < -0.3 is 25.1 Å². The van der Waals surface area contributed by atoms with Gasteiger partial charge in [-0.25, -0.2) is 0 Å². The first-order valence-corrected chi connectivity index (χ1v) is 8.49. The third-order valence-corrected chi connectivity index (χ3v) is 4.21. The quantitative estimate of drug-likeness (QED) is 0.544. The molecule has 1 heterocycles. The molecule has 0 saturated carbocycles. The summed E-state index contributed by atoms with van der Waals surface area (Å²) in [6.07, 6.45) is 2.87. The van der Waals surface area contributed by atoms with Gasteiger partial charge in [0.15, 0.2) is 0 Å². The summed E-state index contributed by atoms with van der Waals surface area (Å²) < 4.78 is 10.5. The highest BCUT2D eigenvalue weighted by molar-refractivity contribution is 5.94. The van der Waals surface area contributed by atoms with Crippen LogP contribution in [0.1, 0.15) is 5.56 Å². The van der Waals surface area contributed by atoms with Crippen molar-refractivity contribution in [2.75, 3.05) is 32.6 Å². The highest BCUT2D eigenvalue weighted by Crippen LogP contribution is 2.28. The summed E-state index contributed by atoms with van der Waals surface area (Å²) in [4.78, 5) is 15.4.